The number of halogens is 3. The quantitative estimate of drug-likeness (QED) is 0.700. The van der Waals surface area contributed by atoms with Crippen molar-refractivity contribution in [3.63, 3.8) is 0 Å². The molecule has 0 saturated heterocycles. The molecule has 5 rings (SSSR count). The number of nitrogens with one attached hydrogen (secondary N) is 1. The van der Waals surface area contributed by atoms with E-state index in [4.69, 9.17) is 16.3 Å². The van der Waals surface area contributed by atoms with Crippen LogP contribution in [-0.4, -0.2) is 51.4 Å². The lowest BCUT2D eigenvalue weighted by Gasteiger charge is -2.72. The van der Waals surface area contributed by atoms with Gasteiger partial charge in [-0.25, -0.2) is 13.8 Å². The maximum atomic E-state index is 13.4. The van der Waals surface area contributed by atoms with Gasteiger partial charge in [0.1, 0.15) is 23.4 Å². The number of aromatic nitrogens is 2. The zero-order chi connectivity index (χ0) is 22.4. The molecule has 1 aromatic carbocycles. The zero-order valence-electron chi connectivity index (χ0n) is 17.0. The Hall–Kier alpha value is -2.81. The fourth-order valence-corrected chi connectivity index (χ4v) is 4.43. The van der Waals surface area contributed by atoms with Gasteiger partial charge < -0.3 is 15.0 Å². The van der Waals surface area contributed by atoms with Crippen LogP contribution >= 0.6 is 11.6 Å². The van der Waals surface area contributed by atoms with Crippen LogP contribution in [0.4, 0.5) is 8.78 Å². The van der Waals surface area contributed by atoms with Crippen LogP contribution in [0.3, 0.4) is 0 Å². The van der Waals surface area contributed by atoms with Gasteiger partial charge in [0, 0.05) is 24.2 Å². The average molecular weight is 451 g/mol. The summed E-state index contributed by atoms with van der Waals surface area (Å²) >= 11 is 5.62. The summed E-state index contributed by atoms with van der Waals surface area (Å²) in [5.41, 5.74) is -0.370. The third-order valence-electron chi connectivity index (χ3n) is 5.98. The highest BCUT2D eigenvalue weighted by molar-refractivity contribution is 6.30. The summed E-state index contributed by atoms with van der Waals surface area (Å²) in [6.45, 7) is 1.10. The molecule has 0 spiro atoms. The van der Waals surface area contributed by atoms with Crippen molar-refractivity contribution in [1.29, 1.82) is 0 Å². The second kappa shape index (κ2) is 7.71. The minimum atomic E-state index is -1.25. The molecule has 31 heavy (non-hydrogen) atoms. The molecule has 3 fully saturated rings. The number of nitrogens with zero attached hydrogens (tertiary/aromatic N) is 3. The highest BCUT2D eigenvalue weighted by atomic mass is 35.5. The van der Waals surface area contributed by atoms with Gasteiger partial charge in [-0.15, -0.1) is 0 Å². The van der Waals surface area contributed by atoms with Crippen molar-refractivity contribution in [1.82, 2.24) is 20.2 Å². The Labute approximate surface area is 182 Å². The van der Waals surface area contributed by atoms with E-state index in [1.54, 1.807) is 11.9 Å². The van der Waals surface area contributed by atoms with Crippen LogP contribution in [0.1, 0.15) is 48.5 Å². The van der Waals surface area contributed by atoms with E-state index in [1.807, 2.05) is 0 Å². The molecule has 1 heterocycles. The third kappa shape index (κ3) is 3.94. The van der Waals surface area contributed by atoms with E-state index in [0.29, 0.717) is 19.3 Å². The van der Waals surface area contributed by atoms with Gasteiger partial charge in [-0.3, -0.25) is 14.6 Å². The lowest BCUT2D eigenvalue weighted by molar-refractivity contribution is -0.165. The maximum Gasteiger partial charge on any atom is 0.274 e. The number of amides is 2. The highest BCUT2D eigenvalue weighted by Crippen LogP contribution is 2.63. The van der Waals surface area contributed by atoms with Crippen LogP contribution in [0.25, 0.3) is 0 Å². The normalized spacial score (nSPS) is 24.4. The molecule has 2 bridgehead atoms. The lowest BCUT2D eigenvalue weighted by Crippen LogP contribution is -2.83. The monoisotopic (exact) mass is 450 g/mol. The molecule has 10 heteroatoms. The largest absolute Gasteiger partial charge is 0.484 e. The fourth-order valence-electron chi connectivity index (χ4n) is 4.31. The molecule has 3 aliphatic rings. The van der Waals surface area contributed by atoms with E-state index in [2.05, 4.69) is 15.3 Å². The Bertz CT molecular complexity index is 1010. The van der Waals surface area contributed by atoms with Gasteiger partial charge in [0.25, 0.3) is 11.8 Å². The fraction of sp³-hybridized carbons (Fsp3) is 0.429. The van der Waals surface area contributed by atoms with Crippen molar-refractivity contribution in [2.75, 3.05) is 13.7 Å². The van der Waals surface area contributed by atoms with E-state index >= 15 is 0 Å². The summed E-state index contributed by atoms with van der Waals surface area (Å²) in [5, 5.41) is 2.92. The SMILES string of the molecule is CC(F)c1cnc(C(=O)N(C)C23CC(NC(=O)COc4ccc(Cl)c(F)c4)(C2)C3)cn1. The molecule has 2 aromatic rings. The third-order valence-corrected chi connectivity index (χ3v) is 6.29. The standard InChI is InChI=1S/C21H21ClF2N4O3/c1-12(23)16-6-26-17(7-25-16)19(30)28(2)21-9-20(10-21,11-21)27-18(29)8-31-13-3-4-14(22)15(24)5-13/h3-7,12H,8-11H2,1-2H3,(H,27,29). The topological polar surface area (TPSA) is 84.4 Å². The minimum absolute atomic E-state index is 0.0199. The number of hydrogen-bond acceptors (Lipinski definition) is 5. The van der Waals surface area contributed by atoms with Crippen molar-refractivity contribution in [3.8, 4) is 5.75 Å². The van der Waals surface area contributed by atoms with Gasteiger partial charge in [-0.1, -0.05) is 11.6 Å². The summed E-state index contributed by atoms with van der Waals surface area (Å²) in [4.78, 5) is 34.5. The highest BCUT2D eigenvalue weighted by Gasteiger charge is 2.71. The van der Waals surface area contributed by atoms with Gasteiger partial charge in [-0.2, -0.15) is 0 Å². The molecular weight excluding hydrogens is 430 g/mol. The smallest absolute Gasteiger partial charge is 0.274 e. The van der Waals surface area contributed by atoms with E-state index < -0.39 is 12.0 Å². The first kappa shape index (κ1) is 21.4. The number of rotatable bonds is 7. The van der Waals surface area contributed by atoms with Gasteiger partial charge in [-0.05, 0) is 38.3 Å². The van der Waals surface area contributed by atoms with E-state index in [0.717, 1.165) is 6.07 Å². The van der Waals surface area contributed by atoms with Gasteiger partial charge >= 0.3 is 0 Å². The summed E-state index contributed by atoms with van der Waals surface area (Å²) in [6, 6.07) is 3.97. The molecule has 0 aliphatic heterocycles. The molecule has 7 nitrogen and oxygen atoms in total. The van der Waals surface area contributed by atoms with Gasteiger partial charge in [0.15, 0.2) is 6.61 Å². The predicted molar refractivity (Wildman–Crippen MR) is 108 cm³/mol. The van der Waals surface area contributed by atoms with Crippen LogP contribution in [0, 0.1) is 5.82 Å². The Morgan fingerprint density at radius 2 is 2.00 bits per heavy atom. The number of carbonyl (C=O) groups is 2. The molecule has 1 N–H and O–H groups in total. The summed E-state index contributed by atoms with van der Waals surface area (Å²) in [6.07, 6.45) is 3.16. The predicted octanol–water partition coefficient (Wildman–Crippen LogP) is 3.24. The Kier molecular flexibility index (Phi) is 5.33. The maximum absolute atomic E-state index is 13.4. The molecule has 1 aromatic heterocycles. The Balaban J connectivity index is 1.28. The number of ether oxygens (including phenoxy) is 1. The summed E-state index contributed by atoms with van der Waals surface area (Å²) in [5.74, 6) is -1.02. The molecule has 3 saturated carbocycles. The second-order valence-electron chi connectivity index (χ2n) is 8.25. The molecule has 1 atom stereocenters. The number of benzene rings is 1. The minimum Gasteiger partial charge on any atom is -0.484 e. The second-order valence-corrected chi connectivity index (χ2v) is 8.66. The summed E-state index contributed by atoms with van der Waals surface area (Å²) < 4.78 is 32.0. The van der Waals surface area contributed by atoms with Crippen molar-refractivity contribution in [2.24, 2.45) is 0 Å². The first-order valence-corrected chi connectivity index (χ1v) is 10.1. The van der Waals surface area contributed by atoms with E-state index in [9.17, 15) is 18.4 Å². The number of hydrogen-bond donors (Lipinski definition) is 1. The Morgan fingerprint density at radius 3 is 2.58 bits per heavy atom. The van der Waals surface area contributed by atoms with E-state index in [-0.39, 0.29) is 51.7 Å². The summed E-state index contributed by atoms with van der Waals surface area (Å²) in [7, 11) is 1.69. The van der Waals surface area contributed by atoms with E-state index in [1.165, 1.54) is 31.5 Å². The van der Waals surface area contributed by atoms with Crippen LogP contribution in [0.5, 0.6) is 5.75 Å². The van der Waals surface area contributed by atoms with Gasteiger partial charge in [0.05, 0.1) is 23.1 Å². The van der Waals surface area contributed by atoms with Crippen LogP contribution in [0.15, 0.2) is 30.6 Å². The van der Waals surface area contributed by atoms with Crippen LogP contribution in [-0.2, 0) is 4.79 Å². The molecule has 1 unspecified atom stereocenters. The van der Waals surface area contributed by atoms with Crippen LogP contribution in [0.2, 0.25) is 5.02 Å². The van der Waals surface area contributed by atoms with Crippen LogP contribution < -0.4 is 10.1 Å². The number of alkyl halides is 1. The molecule has 0 radical (unpaired) electrons. The zero-order valence-corrected chi connectivity index (χ0v) is 17.7. The molecule has 2 amide bonds. The van der Waals surface area contributed by atoms with Crippen molar-refractivity contribution in [3.05, 3.63) is 52.8 Å². The molecule has 164 valence electrons. The lowest BCUT2D eigenvalue weighted by atomic mass is 9.43. The molecule has 3 aliphatic carbocycles. The van der Waals surface area contributed by atoms with Crippen molar-refractivity contribution < 1.29 is 23.1 Å². The Morgan fingerprint density at radius 1 is 1.29 bits per heavy atom. The first-order valence-electron chi connectivity index (χ1n) is 9.76. The van der Waals surface area contributed by atoms with Crippen molar-refractivity contribution >= 4 is 23.4 Å². The van der Waals surface area contributed by atoms with Crippen molar-refractivity contribution in [2.45, 2.75) is 43.4 Å². The molecular formula is C21H21ClF2N4O3. The average Bonchev–Trinajstić information content (AvgIpc) is 2.69. The number of carbonyl (C=O) groups excluding carboxylic acids is 2. The first-order chi connectivity index (χ1) is 14.6. The van der Waals surface area contributed by atoms with Gasteiger partial charge in [0.2, 0.25) is 0 Å².